The second-order valence-corrected chi connectivity index (χ2v) is 10.00. The summed E-state index contributed by atoms with van der Waals surface area (Å²) in [7, 11) is 0. The molecule has 3 aromatic rings. The van der Waals surface area contributed by atoms with E-state index in [-0.39, 0.29) is 17.4 Å². The van der Waals surface area contributed by atoms with Crippen molar-refractivity contribution in [1.82, 2.24) is 20.1 Å². The molecule has 0 saturated carbocycles. The maximum absolute atomic E-state index is 11.6. The SMILES string of the molecule is CCOc1ccc(-n2c(SC[C@@H]3CCC(=O)N3)nnc2-c2ccc(C(C)(C)C)cc2)cc1. The van der Waals surface area contributed by atoms with Crippen molar-refractivity contribution in [1.29, 1.82) is 0 Å². The number of hydrogen-bond donors (Lipinski definition) is 1. The second kappa shape index (κ2) is 9.36. The Kier molecular flexibility index (Phi) is 6.55. The number of hydrogen-bond acceptors (Lipinski definition) is 5. The minimum atomic E-state index is 0.0913. The van der Waals surface area contributed by atoms with E-state index in [0.717, 1.165) is 40.2 Å². The molecule has 4 rings (SSSR count). The first-order valence-electron chi connectivity index (χ1n) is 11.1. The lowest BCUT2D eigenvalue weighted by Crippen LogP contribution is -2.27. The predicted molar refractivity (Wildman–Crippen MR) is 129 cm³/mol. The van der Waals surface area contributed by atoms with E-state index in [2.05, 4.69) is 65.1 Å². The molecule has 168 valence electrons. The molecule has 0 unspecified atom stereocenters. The van der Waals surface area contributed by atoms with Gasteiger partial charge in [-0.1, -0.05) is 56.8 Å². The average Bonchev–Trinajstić information content (AvgIpc) is 3.38. The third-order valence-electron chi connectivity index (χ3n) is 5.55. The molecule has 0 radical (unpaired) electrons. The zero-order chi connectivity index (χ0) is 22.7. The highest BCUT2D eigenvalue weighted by Gasteiger charge is 2.23. The number of aromatic nitrogens is 3. The quantitative estimate of drug-likeness (QED) is 0.513. The molecule has 0 bridgehead atoms. The molecule has 1 aliphatic heterocycles. The molecular formula is C25H30N4O2S. The Balaban J connectivity index is 1.67. The molecule has 1 amide bonds. The monoisotopic (exact) mass is 450 g/mol. The Labute approximate surface area is 193 Å². The van der Waals surface area contributed by atoms with Gasteiger partial charge in [0.05, 0.1) is 6.61 Å². The summed E-state index contributed by atoms with van der Waals surface area (Å²) in [5.41, 5.74) is 3.36. The Morgan fingerprint density at radius 1 is 1.09 bits per heavy atom. The van der Waals surface area contributed by atoms with Gasteiger partial charge < -0.3 is 10.1 Å². The minimum absolute atomic E-state index is 0.0913. The van der Waals surface area contributed by atoms with Crippen LogP contribution in [0.2, 0.25) is 0 Å². The molecule has 6 nitrogen and oxygen atoms in total. The average molecular weight is 451 g/mol. The molecule has 1 aliphatic rings. The van der Waals surface area contributed by atoms with E-state index in [9.17, 15) is 4.79 Å². The molecule has 0 aliphatic carbocycles. The molecular weight excluding hydrogens is 420 g/mol. The maximum atomic E-state index is 11.6. The van der Waals surface area contributed by atoms with Crippen molar-refractivity contribution in [3.63, 3.8) is 0 Å². The molecule has 7 heteroatoms. The number of ether oxygens (including phenoxy) is 1. The third kappa shape index (κ3) is 4.99. The smallest absolute Gasteiger partial charge is 0.220 e. The number of thioether (sulfide) groups is 1. The van der Waals surface area contributed by atoms with E-state index in [0.29, 0.717) is 13.0 Å². The molecule has 32 heavy (non-hydrogen) atoms. The summed E-state index contributed by atoms with van der Waals surface area (Å²) in [6.45, 7) is 9.23. The first-order valence-corrected chi connectivity index (χ1v) is 12.1. The predicted octanol–water partition coefficient (Wildman–Crippen LogP) is 5.00. The van der Waals surface area contributed by atoms with Crippen LogP contribution in [0.25, 0.3) is 17.1 Å². The van der Waals surface area contributed by atoms with Gasteiger partial charge in [0.25, 0.3) is 0 Å². The largest absolute Gasteiger partial charge is 0.494 e. The Morgan fingerprint density at radius 2 is 1.81 bits per heavy atom. The molecule has 1 atom stereocenters. The van der Waals surface area contributed by atoms with Crippen LogP contribution in [-0.2, 0) is 10.2 Å². The molecule has 2 heterocycles. The van der Waals surface area contributed by atoms with Crippen LogP contribution in [0.1, 0.15) is 46.1 Å². The Morgan fingerprint density at radius 3 is 2.41 bits per heavy atom. The lowest BCUT2D eigenvalue weighted by Gasteiger charge is -2.19. The molecule has 0 spiro atoms. The zero-order valence-electron chi connectivity index (χ0n) is 19.1. The molecule has 1 aromatic heterocycles. The topological polar surface area (TPSA) is 69.0 Å². The fourth-order valence-corrected chi connectivity index (χ4v) is 4.76. The Bertz CT molecular complexity index is 1070. The van der Waals surface area contributed by atoms with Gasteiger partial charge in [0.1, 0.15) is 5.75 Å². The van der Waals surface area contributed by atoms with E-state index >= 15 is 0 Å². The highest BCUT2D eigenvalue weighted by Crippen LogP contribution is 2.31. The summed E-state index contributed by atoms with van der Waals surface area (Å²) in [5.74, 6) is 2.53. The summed E-state index contributed by atoms with van der Waals surface area (Å²) in [5, 5.41) is 12.9. The fourth-order valence-electron chi connectivity index (χ4n) is 3.74. The highest BCUT2D eigenvalue weighted by molar-refractivity contribution is 7.99. The number of nitrogens with zero attached hydrogens (tertiary/aromatic N) is 3. The summed E-state index contributed by atoms with van der Waals surface area (Å²) in [6, 6.07) is 16.7. The minimum Gasteiger partial charge on any atom is -0.494 e. The first-order chi connectivity index (χ1) is 15.3. The van der Waals surface area contributed by atoms with Crippen LogP contribution in [0.4, 0.5) is 0 Å². The summed E-state index contributed by atoms with van der Waals surface area (Å²) in [4.78, 5) is 11.6. The first kappa shape index (κ1) is 22.4. The van der Waals surface area contributed by atoms with Crippen molar-refractivity contribution in [3.8, 4) is 22.8 Å². The van der Waals surface area contributed by atoms with Crippen LogP contribution in [-0.4, -0.2) is 39.1 Å². The van der Waals surface area contributed by atoms with E-state index < -0.39 is 0 Å². The lowest BCUT2D eigenvalue weighted by molar-refractivity contribution is -0.119. The molecule has 1 N–H and O–H groups in total. The van der Waals surface area contributed by atoms with E-state index in [1.54, 1.807) is 11.8 Å². The van der Waals surface area contributed by atoms with Crippen molar-refractivity contribution >= 4 is 17.7 Å². The standard InChI is InChI=1S/C25H30N4O2S/c1-5-31-21-13-11-20(12-14-21)29-23(17-6-8-18(9-7-17)25(2,3)4)27-28-24(29)32-16-19-10-15-22(30)26-19/h6-9,11-14,19H,5,10,15-16H2,1-4H3,(H,26,30)/t19-/m0/s1. The van der Waals surface area contributed by atoms with Gasteiger partial charge in [-0.25, -0.2) is 0 Å². The Hall–Kier alpha value is -2.80. The van der Waals surface area contributed by atoms with E-state index in [1.807, 2.05) is 31.2 Å². The van der Waals surface area contributed by atoms with Crippen LogP contribution < -0.4 is 10.1 Å². The number of amides is 1. The summed E-state index contributed by atoms with van der Waals surface area (Å²) < 4.78 is 7.69. The summed E-state index contributed by atoms with van der Waals surface area (Å²) in [6.07, 6.45) is 1.46. The number of carbonyl (C=O) groups is 1. The number of rotatable bonds is 7. The molecule has 2 aromatic carbocycles. The van der Waals surface area contributed by atoms with Gasteiger partial charge in [0, 0.05) is 29.5 Å². The number of nitrogens with one attached hydrogen (secondary N) is 1. The zero-order valence-corrected chi connectivity index (χ0v) is 19.9. The van der Waals surface area contributed by atoms with Crippen LogP contribution >= 0.6 is 11.8 Å². The van der Waals surface area contributed by atoms with Gasteiger partial charge in [-0.3, -0.25) is 9.36 Å². The van der Waals surface area contributed by atoms with Gasteiger partial charge >= 0.3 is 0 Å². The fraction of sp³-hybridized carbons (Fsp3) is 0.400. The van der Waals surface area contributed by atoms with Crippen LogP contribution in [0.3, 0.4) is 0 Å². The van der Waals surface area contributed by atoms with Gasteiger partial charge in [0.15, 0.2) is 11.0 Å². The molecule has 1 fully saturated rings. The van der Waals surface area contributed by atoms with Crippen LogP contribution in [0, 0.1) is 0 Å². The highest BCUT2D eigenvalue weighted by atomic mass is 32.2. The second-order valence-electron chi connectivity index (χ2n) is 9.01. The van der Waals surface area contributed by atoms with Crippen molar-refractivity contribution in [2.75, 3.05) is 12.4 Å². The van der Waals surface area contributed by atoms with Gasteiger partial charge in [-0.15, -0.1) is 10.2 Å². The van der Waals surface area contributed by atoms with Gasteiger partial charge in [-0.05, 0) is 48.6 Å². The summed E-state index contributed by atoms with van der Waals surface area (Å²) >= 11 is 1.62. The normalized spacial score (nSPS) is 16.2. The lowest BCUT2D eigenvalue weighted by atomic mass is 9.87. The van der Waals surface area contributed by atoms with E-state index in [1.165, 1.54) is 5.56 Å². The number of carbonyl (C=O) groups excluding carboxylic acids is 1. The van der Waals surface area contributed by atoms with Crippen molar-refractivity contribution in [2.45, 2.75) is 57.1 Å². The maximum Gasteiger partial charge on any atom is 0.220 e. The van der Waals surface area contributed by atoms with Gasteiger partial charge in [-0.2, -0.15) is 0 Å². The van der Waals surface area contributed by atoms with Crippen molar-refractivity contribution < 1.29 is 9.53 Å². The molecule has 1 saturated heterocycles. The number of benzene rings is 2. The third-order valence-corrected chi connectivity index (χ3v) is 6.64. The van der Waals surface area contributed by atoms with Crippen molar-refractivity contribution in [3.05, 3.63) is 54.1 Å². The van der Waals surface area contributed by atoms with Crippen molar-refractivity contribution in [2.24, 2.45) is 0 Å². The van der Waals surface area contributed by atoms with E-state index in [4.69, 9.17) is 4.74 Å². The van der Waals surface area contributed by atoms with Gasteiger partial charge in [0.2, 0.25) is 5.91 Å². The van der Waals surface area contributed by atoms with Crippen LogP contribution in [0.5, 0.6) is 5.75 Å². The van der Waals surface area contributed by atoms with Crippen LogP contribution in [0.15, 0.2) is 53.7 Å².